The minimum Gasteiger partial charge on any atom is -0.341 e. The molecule has 0 saturated carbocycles. The fourth-order valence-corrected chi connectivity index (χ4v) is 2.48. The Bertz CT molecular complexity index is 200. The molecule has 94 valence electrons. The number of amides is 1. The number of unbranched alkanes of at least 4 members (excludes halogenated alkanes) is 2. The monoisotopic (exact) mass is 245 g/mol. The van der Waals surface area contributed by atoms with E-state index in [0.29, 0.717) is 0 Å². The van der Waals surface area contributed by atoms with Gasteiger partial charge in [0, 0.05) is 13.1 Å². The maximum atomic E-state index is 12.0. The minimum absolute atomic E-state index is 0.166. The van der Waals surface area contributed by atoms with Crippen LogP contribution in [0.15, 0.2) is 0 Å². The average Bonchev–Trinajstić information content (AvgIpc) is 2.56. The van der Waals surface area contributed by atoms with Gasteiger partial charge in [-0.2, -0.15) is 0 Å². The van der Waals surface area contributed by atoms with Crippen LogP contribution in [0.5, 0.6) is 0 Å². The van der Waals surface area contributed by atoms with Gasteiger partial charge >= 0.3 is 0 Å². The zero-order valence-electron chi connectivity index (χ0n) is 10.4. The standard InChI is InChI=1S/C13H24ClNO/c1-2-3-6-9-12(14)13(16)15-10-7-4-5-8-11-15/h12H,2-11H2,1H3. The van der Waals surface area contributed by atoms with E-state index in [4.69, 9.17) is 11.6 Å². The van der Waals surface area contributed by atoms with Gasteiger partial charge in [0.15, 0.2) is 0 Å². The van der Waals surface area contributed by atoms with Gasteiger partial charge in [0.25, 0.3) is 0 Å². The van der Waals surface area contributed by atoms with Crippen LogP contribution in [-0.2, 0) is 4.79 Å². The Morgan fingerprint density at radius 3 is 2.38 bits per heavy atom. The van der Waals surface area contributed by atoms with Crippen LogP contribution in [0.2, 0.25) is 0 Å². The van der Waals surface area contributed by atoms with Gasteiger partial charge in [0.2, 0.25) is 5.91 Å². The van der Waals surface area contributed by atoms with Crippen molar-refractivity contribution in [2.45, 2.75) is 63.7 Å². The molecule has 1 fully saturated rings. The topological polar surface area (TPSA) is 20.3 Å². The highest BCUT2D eigenvalue weighted by atomic mass is 35.5. The number of carbonyl (C=O) groups excluding carboxylic acids is 1. The lowest BCUT2D eigenvalue weighted by molar-refractivity contribution is -0.130. The van der Waals surface area contributed by atoms with E-state index in [1.165, 1.54) is 25.7 Å². The van der Waals surface area contributed by atoms with Gasteiger partial charge in [-0.1, -0.05) is 39.0 Å². The third kappa shape index (κ3) is 4.73. The molecular formula is C13H24ClNO. The summed E-state index contributed by atoms with van der Waals surface area (Å²) in [6, 6.07) is 0. The third-order valence-corrected chi connectivity index (χ3v) is 3.65. The fourth-order valence-electron chi connectivity index (χ4n) is 2.19. The molecule has 0 radical (unpaired) electrons. The number of rotatable bonds is 5. The number of halogens is 1. The van der Waals surface area contributed by atoms with Crippen molar-refractivity contribution in [3.63, 3.8) is 0 Å². The number of nitrogens with zero attached hydrogens (tertiary/aromatic N) is 1. The number of carbonyl (C=O) groups is 1. The molecule has 0 N–H and O–H groups in total. The first-order valence-corrected chi connectivity index (χ1v) is 7.12. The number of hydrogen-bond donors (Lipinski definition) is 0. The second-order valence-corrected chi connectivity index (χ2v) is 5.23. The quantitative estimate of drug-likeness (QED) is 0.536. The summed E-state index contributed by atoms with van der Waals surface area (Å²) in [5.41, 5.74) is 0. The molecule has 0 bridgehead atoms. The Morgan fingerprint density at radius 1 is 1.19 bits per heavy atom. The maximum Gasteiger partial charge on any atom is 0.240 e. The number of likely N-dealkylation sites (tertiary alicyclic amines) is 1. The molecule has 1 amide bonds. The lowest BCUT2D eigenvalue weighted by Crippen LogP contribution is -2.37. The molecule has 1 aliphatic rings. The van der Waals surface area contributed by atoms with Crippen LogP contribution in [-0.4, -0.2) is 29.3 Å². The van der Waals surface area contributed by atoms with Crippen molar-refractivity contribution in [3.05, 3.63) is 0 Å². The zero-order chi connectivity index (χ0) is 11.8. The summed E-state index contributed by atoms with van der Waals surface area (Å²) in [5.74, 6) is 0.166. The second kappa shape index (κ2) is 7.94. The molecule has 1 aliphatic heterocycles. The third-order valence-electron chi connectivity index (χ3n) is 3.25. The largest absolute Gasteiger partial charge is 0.341 e. The summed E-state index contributed by atoms with van der Waals surface area (Å²) in [5, 5.41) is -0.287. The van der Waals surface area contributed by atoms with Crippen LogP contribution in [0.3, 0.4) is 0 Å². The van der Waals surface area contributed by atoms with Crippen LogP contribution in [0, 0.1) is 0 Å². The molecule has 1 unspecified atom stereocenters. The highest BCUT2D eigenvalue weighted by molar-refractivity contribution is 6.30. The van der Waals surface area contributed by atoms with Crippen LogP contribution >= 0.6 is 11.6 Å². The van der Waals surface area contributed by atoms with Gasteiger partial charge in [0.05, 0.1) is 0 Å². The molecule has 1 rings (SSSR count). The Hall–Kier alpha value is -0.240. The van der Waals surface area contributed by atoms with Crippen molar-refractivity contribution in [3.8, 4) is 0 Å². The Morgan fingerprint density at radius 2 is 1.81 bits per heavy atom. The van der Waals surface area contributed by atoms with E-state index in [1.54, 1.807) is 0 Å². The van der Waals surface area contributed by atoms with Gasteiger partial charge in [0.1, 0.15) is 5.38 Å². The van der Waals surface area contributed by atoms with Gasteiger partial charge < -0.3 is 4.90 Å². The highest BCUT2D eigenvalue weighted by Crippen LogP contribution is 2.16. The summed E-state index contributed by atoms with van der Waals surface area (Å²) in [6.07, 6.45) is 9.07. The predicted octanol–water partition coefficient (Wildman–Crippen LogP) is 3.58. The molecule has 0 spiro atoms. The number of alkyl halides is 1. The average molecular weight is 246 g/mol. The summed E-state index contributed by atoms with van der Waals surface area (Å²) >= 11 is 6.16. The van der Waals surface area contributed by atoms with E-state index >= 15 is 0 Å². The molecule has 16 heavy (non-hydrogen) atoms. The SMILES string of the molecule is CCCCCC(Cl)C(=O)N1CCCCCC1. The second-order valence-electron chi connectivity index (χ2n) is 4.70. The van der Waals surface area contributed by atoms with E-state index in [9.17, 15) is 4.79 Å². The van der Waals surface area contributed by atoms with Crippen molar-refractivity contribution in [1.29, 1.82) is 0 Å². The zero-order valence-corrected chi connectivity index (χ0v) is 11.1. The predicted molar refractivity (Wildman–Crippen MR) is 68.8 cm³/mol. The molecule has 0 aromatic rings. The van der Waals surface area contributed by atoms with E-state index in [-0.39, 0.29) is 11.3 Å². The van der Waals surface area contributed by atoms with E-state index < -0.39 is 0 Å². The summed E-state index contributed by atoms with van der Waals surface area (Å²) in [7, 11) is 0. The molecule has 0 aliphatic carbocycles. The summed E-state index contributed by atoms with van der Waals surface area (Å²) in [4.78, 5) is 14.0. The van der Waals surface area contributed by atoms with Crippen molar-refractivity contribution >= 4 is 17.5 Å². The normalized spacial score (nSPS) is 19.2. The van der Waals surface area contributed by atoms with Gasteiger partial charge in [-0.15, -0.1) is 11.6 Å². The highest BCUT2D eigenvalue weighted by Gasteiger charge is 2.22. The van der Waals surface area contributed by atoms with Crippen molar-refractivity contribution in [1.82, 2.24) is 4.90 Å². The van der Waals surface area contributed by atoms with Crippen LogP contribution in [0.1, 0.15) is 58.3 Å². The Labute approximate surface area is 104 Å². The first-order valence-electron chi connectivity index (χ1n) is 6.68. The molecule has 1 heterocycles. The van der Waals surface area contributed by atoms with Crippen LogP contribution in [0.4, 0.5) is 0 Å². The number of hydrogen-bond acceptors (Lipinski definition) is 1. The minimum atomic E-state index is -0.287. The van der Waals surface area contributed by atoms with E-state index in [0.717, 1.165) is 38.8 Å². The first-order chi connectivity index (χ1) is 7.75. The van der Waals surface area contributed by atoms with Gasteiger partial charge in [-0.25, -0.2) is 0 Å². The molecule has 2 nitrogen and oxygen atoms in total. The first kappa shape index (κ1) is 13.8. The van der Waals surface area contributed by atoms with Crippen LogP contribution in [0.25, 0.3) is 0 Å². The summed E-state index contributed by atoms with van der Waals surface area (Å²) in [6.45, 7) is 3.99. The molecule has 0 aromatic heterocycles. The lowest BCUT2D eigenvalue weighted by Gasteiger charge is -2.23. The Balaban J connectivity index is 2.30. The lowest BCUT2D eigenvalue weighted by atomic mass is 10.1. The van der Waals surface area contributed by atoms with Gasteiger partial charge in [-0.05, 0) is 19.3 Å². The Kier molecular flexibility index (Phi) is 6.86. The molecular weight excluding hydrogens is 222 g/mol. The maximum absolute atomic E-state index is 12.0. The molecule has 3 heteroatoms. The van der Waals surface area contributed by atoms with Crippen molar-refractivity contribution < 1.29 is 4.79 Å². The summed E-state index contributed by atoms with van der Waals surface area (Å²) < 4.78 is 0. The van der Waals surface area contributed by atoms with Crippen molar-refractivity contribution in [2.75, 3.05) is 13.1 Å². The van der Waals surface area contributed by atoms with E-state index in [1.807, 2.05) is 4.90 Å². The van der Waals surface area contributed by atoms with Crippen molar-refractivity contribution in [2.24, 2.45) is 0 Å². The van der Waals surface area contributed by atoms with E-state index in [2.05, 4.69) is 6.92 Å². The van der Waals surface area contributed by atoms with Gasteiger partial charge in [-0.3, -0.25) is 4.79 Å². The van der Waals surface area contributed by atoms with Crippen LogP contribution < -0.4 is 0 Å². The molecule has 1 saturated heterocycles. The smallest absolute Gasteiger partial charge is 0.240 e. The molecule has 0 aromatic carbocycles. The fraction of sp³-hybridized carbons (Fsp3) is 0.923. The molecule has 1 atom stereocenters.